The van der Waals surface area contributed by atoms with Crippen molar-refractivity contribution in [2.24, 2.45) is 0 Å². The van der Waals surface area contributed by atoms with Gasteiger partial charge in [-0.25, -0.2) is 0 Å². The van der Waals surface area contributed by atoms with Gasteiger partial charge in [0.25, 0.3) is 0 Å². The minimum atomic E-state index is 1.26. The molecular weight excluding hydrogens is 649 g/mol. The number of aryl methyl sites for hydroxylation is 2. The quantitative estimate of drug-likeness (QED) is 0.126. The number of hydrogen-bond acceptors (Lipinski definition) is 0. The maximum absolute atomic E-state index is 2.43. The van der Waals surface area contributed by atoms with Gasteiger partial charge in [-0.2, -0.15) is 0 Å². The van der Waals surface area contributed by atoms with Crippen LogP contribution in [0.3, 0.4) is 0 Å². The number of rotatable bonds is 2. The summed E-state index contributed by atoms with van der Waals surface area (Å²) in [6.45, 7) is 4.43. The van der Waals surface area contributed by atoms with Gasteiger partial charge in [-0.15, -0.1) is 0 Å². The molecule has 0 amide bonds. The lowest BCUT2D eigenvalue weighted by Gasteiger charge is -2.17. The van der Waals surface area contributed by atoms with E-state index >= 15 is 0 Å². The molecule has 248 valence electrons. The molecule has 11 aromatic carbocycles. The zero-order valence-electron chi connectivity index (χ0n) is 30.0. The highest BCUT2D eigenvalue weighted by Crippen LogP contribution is 2.60. The molecular formula is C54H32. The fourth-order valence-corrected chi connectivity index (χ4v) is 10.6. The molecule has 13 rings (SSSR count). The summed E-state index contributed by atoms with van der Waals surface area (Å²) in [6.07, 6.45) is 0. The number of fused-ring (bicyclic) bond motifs is 12. The molecule has 54 heavy (non-hydrogen) atoms. The van der Waals surface area contributed by atoms with Gasteiger partial charge in [0.15, 0.2) is 0 Å². The Bertz CT molecular complexity index is 3220. The fourth-order valence-electron chi connectivity index (χ4n) is 10.6. The fraction of sp³-hybridized carbons (Fsp3) is 0.0370. The average molecular weight is 681 g/mol. The smallest absolute Gasteiger partial charge is 0.00134 e. The first-order chi connectivity index (χ1) is 26.6. The van der Waals surface area contributed by atoms with Crippen molar-refractivity contribution in [3.8, 4) is 66.8 Å². The standard InChI is InChI=1S/C54H32/c1-29-13-15-33-27-45(31-9-5-3-6-10-31)53-41-23-19-37-38-20-24-42-50-40(22-18-36(48(38)50)35-17-21-39(49(41)47(35)37)51(53)43(33)25-29)52-44-26-30(2)14-16-34(44)28-46(54(42)52)32-11-7-4-8-12-32/h3-28H,1-2H3. The van der Waals surface area contributed by atoms with E-state index in [1.165, 1.54) is 143 Å². The highest BCUT2D eigenvalue weighted by Gasteiger charge is 2.32. The lowest BCUT2D eigenvalue weighted by Crippen LogP contribution is -1.89. The monoisotopic (exact) mass is 680 g/mol. The van der Waals surface area contributed by atoms with Crippen molar-refractivity contribution in [2.45, 2.75) is 13.8 Å². The van der Waals surface area contributed by atoms with Crippen LogP contribution in [0.4, 0.5) is 0 Å². The molecule has 2 aliphatic rings. The highest BCUT2D eigenvalue weighted by molar-refractivity contribution is 6.41. The Morgan fingerprint density at radius 1 is 0.259 bits per heavy atom. The Morgan fingerprint density at radius 3 is 1.02 bits per heavy atom. The SMILES string of the molecule is Cc1ccc2cc(-c3ccccc3)c3c(c2c1)-c1ccc2c4ccc5c6c(ccc(c7ccc-3c1c72)c64)-c1c(-c2ccccc2)cc2ccc(C)cc2c1-5. The van der Waals surface area contributed by atoms with Gasteiger partial charge >= 0.3 is 0 Å². The second kappa shape index (κ2) is 10.0. The molecule has 0 nitrogen and oxygen atoms in total. The van der Waals surface area contributed by atoms with Crippen LogP contribution in [0.25, 0.3) is 131 Å². The molecule has 0 saturated carbocycles. The maximum atomic E-state index is 2.43. The van der Waals surface area contributed by atoms with Gasteiger partial charge in [0.05, 0.1) is 0 Å². The highest BCUT2D eigenvalue weighted by atomic mass is 14.3. The predicted octanol–water partition coefficient (Wildman–Crippen LogP) is 15.3. The number of hydrogen-bond donors (Lipinski definition) is 0. The van der Waals surface area contributed by atoms with E-state index in [4.69, 9.17) is 0 Å². The summed E-state index contributed by atoms with van der Waals surface area (Å²) in [5.74, 6) is 0. The molecule has 0 bridgehead atoms. The van der Waals surface area contributed by atoms with Crippen LogP contribution in [0.15, 0.2) is 158 Å². The second-order valence-electron chi connectivity index (χ2n) is 15.7. The van der Waals surface area contributed by atoms with Crippen LogP contribution in [0.2, 0.25) is 0 Å². The molecule has 11 aromatic rings. The van der Waals surface area contributed by atoms with Crippen molar-refractivity contribution in [2.75, 3.05) is 0 Å². The zero-order chi connectivity index (χ0) is 35.4. The van der Waals surface area contributed by atoms with Crippen molar-refractivity contribution in [1.82, 2.24) is 0 Å². The number of benzene rings is 11. The summed E-state index contributed by atoms with van der Waals surface area (Å²) in [5.41, 5.74) is 18.6. The topological polar surface area (TPSA) is 0 Å². The molecule has 0 unspecified atom stereocenters. The van der Waals surface area contributed by atoms with E-state index in [0.717, 1.165) is 0 Å². The molecule has 0 aromatic heterocycles. The predicted molar refractivity (Wildman–Crippen MR) is 232 cm³/mol. The molecule has 0 fully saturated rings. The molecule has 0 radical (unpaired) electrons. The van der Waals surface area contributed by atoms with Gasteiger partial charge in [-0.1, -0.05) is 157 Å². The lowest BCUT2D eigenvalue weighted by molar-refractivity contribution is 1.50. The van der Waals surface area contributed by atoms with Crippen LogP contribution < -0.4 is 0 Å². The third-order valence-corrected chi connectivity index (χ3v) is 12.7. The molecule has 0 N–H and O–H groups in total. The zero-order valence-corrected chi connectivity index (χ0v) is 30.0. The molecule has 2 aliphatic carbocycles. The van der Waals surface area contributed by atoms with Crippen LogP contribution in [0.1, 0.15) is 11.1 Å². The van der Waals surface area contributed by atoms with Crippen LogP contribution in [-0.4, -0.2) is 0 Å². The molecule has 0 saturated heterocycles. The van der Waals surface area contributed by atoms with Gasteiger partial charge in [0.1, 0.15) is 0 Å². The van der Waals surface area contributed by atoms with Gasteiger partial charge in [0.2, 0.25) is 0 Å². The summed E-state index contributed by atoms with van der Waals surface area (Å²) < 4.78 is 0. The Balaban J connectivity index is 1.16. The Labute approximate surface area is 312 Å². The van der Waals surface area contributed by atoms with E-state index in [1.807, 2.05) is 0 Å². The summed E-state index contributed by atoms with van der Waals surface area (Å²) >= 11 is 0. The molecule has 0 aliphatic heterocycles. The minimum absolute atomic E-state index is 1.26. The van der Waals surface area contributed by atoms with Crippen LogP contribution in [0.5, 0.6) is 0 Å². The molecule has 0 heteroatoms. The van der Waals surface area contributed by atoms with Crippen molar-refractivity contribution >= 4 is 64.6 Å². The van der Waals surface area contributed by atoms with Gasteiger partial charge < -0.3 is 0 Å². The van der Waals surface area contributed by atoms with Crippen LogP contribution >= 0.6 is 0 Å². The average Bonchev–Trinajstić information content (AvgIpc) is 3.75. The lowest BCUT2D eigenvalue weighted by atomic mass is 9.86. The third kappa shape index (κ3) is 3.49. The third-order valence-electron chi connectivity index (χ3n) is 12.7. The normalized spacial score (nSPS) is 12.6. The second-order valence-corrected chi connectivity index (χ2v) is 15.7. The molecule has 0 atom stereocenters. The van der Waals surface area contributed by atoms with Gasteiger partial charge in [0, 0.05) is 0 Å². The van der Waals surface area contributed by atoms with Crippen molar-refractivity contribution in [3.63, 3.8) is 0 Å². The maximum Gasteiger partial charge on any atom is -0.00134 e. The largest absolute Gasteiger partial charge is 0.0622 e. The first-order valence-electron chi connectivity index (χ1n) is 19.1. The Hall–Kier alpha value is -6.76. The van der Waals surface area contributed by atoms with Gasteiger partial charge in [-0.3, -0.25) is 0 Å². The van der Waals surface area contributed by atoms with E-state index in [2.05, 4.69) is 172 Å². The molecule has 0 spiro atoms. The minimum Gasteiger partial charge on any atom is -0.0622 e. The first kappa shape index (κ1) is 28.8. The molecule has 0 heterocycles. The van der Waals surface area contributed by atoms with E-state index < -0.39 is 0 Å². The van der Waals surface area contributed by atoms with Crippen LogP contribution in [0, 0.1) is 13.8 Å². The summed E-state index contributed by atoms with van der Waals surface area (Å²) in [6, 6.07) is 60.1. The van der Waals surface area contributed by atoms with E-state index in [0.29, 0.717) is 0 Å². The first-order valence-corrected chi connectivity index (χ1v) is 19.1. The van der Waals surface area contributed by atoms with Crippen LogP contribution in [-0.2, 0) is 0 Å². The summed E-state index contributed by atoms with van der Waals surface area (Å²) in [7, 11) is 0. The summed E-state index contributed by atoms with van der Waals surface area (Å²) in [4.78, 5) is 0. The van der Waals surface area contributed by atoms with E-state index in [9.17, 15) is 0 Å². The van der Waals surface area contributed by atoms with Crippen molar-refractivity contribution < 1.29 is 0 Å². The van der Waals surface area contributed by atoms with Gasteiger partial charge in [-0.05, 0) is 157 Å². The summed E-state index contributed by atoms with van der Waals surface area (Å²) in [5, 5.41) is 16.2. The van der Waals surface area contributed by atoms with Crippen molar-refractivity contribution in [3.05, 3.63) is 169 Å². The van der Waals surface area contributed by atoms with Crippen molar-refractivity contribution in [1.29, 1.82) is 0 Å². The Kier molecular flexibility index (Phi) is 5.33. The van der Waals surface area contributed by atoms with E-state index in [-0.39, 0.29) is 0 Å². The Morgan fingerprint density at radius 2 is 0.630 bits per heavy atom. The van der Waals surface area contributed by atoms with E-state index in [1.54, 1.807) is 0 Å².